The van der Waals surface area contributed by atoms with Crippen LogP contribution in [0, 0.1) is 0 Å². The lowest BCUT2D eigenvalue weighted by molar-refractivity contribution is -0.122. The molecule has 0 spiro atoms. The van der Waals surface area contributed by atoms with Gasteiger partial charge in [0.05, 0.1) is 6.04 Å². The summed E-state index contributed by atoms with van der Waals surface area (Å²) in [7, 11) is 0. The fourth-order valence-corrected chi connectivity index (χ4v) is 2.52. The summed E-state index contributed by atoms with van der Waals surface area (Å²) < 4.78 is 0. The van der Waals surface area contributed by atoms with Crippen molar-refractivity contribution < 1.29 is 4.79 Å². The van der Waals surface area contributed by atoms with Crippen molar-refractivity contribution in [2.75, 3.05) is 18.6 Å². The number of thioether (sulfide) groups is 1. The van der Waals surface area contributed by atoms with Crippen LogP contribution in [0.5, 0.6) is 0 Å². The minimum atomic E-state index is -0.450. The van der Waals surface area contributed by atoms with Crippen LogP contribution >= 0.6 is 11.8 Å². The summed E-state index contributed by atoms with van der Waals surface area (Å²) >= 11 is 1.89. The molecule has 1 rings (SSSR count). The van der Waals surface area contributed by atoms with Gasteiger partial charge in [-0.15, -0.1) is 0 Å². The first-order valence-corrected chi connectivity index (χ1v) is 8.69. The van der Waals surface area contributed by atoms with Gasteiger partial charge in [0.1, 0.15) is 0 Å². The highest BCUT2D eigenvalue weighted by Gasteiger charge is 2.12. The van der Waals surface area contributed by atoms with Crippen molar-refractivity contribution in [1.29, 1.82) is 0 Å². The number of amides is 1. The lowest BCUT2D eigenvalue weighted by atomic mass is 10.1. The third-order valence-corrected chi connectivity index (χ3v) is 3.91. The summed E-state index contributed by atoms with van der Waals surface area (Å²) in [5.74, 6) is 1.19. The maximum atomic E-state index is 11.8. The number of benzene rings is 1. The second kappa shape index (κ2) is 10.7. The van der Waals surface area contributed by atoms with Crippen LogP contribution in [0.1, 0.15) is 31.2 Å². The van der Waals surface area contributed by atoms with Gasteiger partial charge in [-0.05, 0) is 36.8 Å². The van der Waals surface area contributed by atoms with Gasteiger partial charge >= 0.3 is 0 Å². The highest BCUT2D eigenvalue weighted by molar-refractivity contribution is 7.98. The first-order chi connectivity index (χ1) is 9.74. The molecule has 0 aromatic heterocycles. The van der Waals surface area contributed by atoms with E-state index in [1.807, 2.05) is 42.1 Å². The highest BCUT2D eigenvalue weighted by atomic mass is 32.2. The molecule has 0 aliphatic rings. The first-order valence-electron chi connectivity index (χ1n) is 7.30. The molecule has 112 valence electrons. The predicted octanol–water partition coefficient (Wildman–Crippen LogP) is 2.60. The standard InChI is InChI=1S/C16H26N2OS/c1-20-12-8-3-2-7-11-18-16(19)15(17)13-14-9-5-4-6-10-14/h4-6,9-10,15H,2-3,7-8,11-13,17H2,1H3,(H,18,19). The number of hydrogen-bond donors (Lipinski definition) is 2. The Hall–Kier alpha value is -1.00. The summed E-state index contributed by atoms with van der Waals surface area (Å²) in [5.41, 5.74) is 7.02. The fourth-order valence-electron chi connectivity index (χ4n) is 2.03. The minimum Gasteiger partial charge on any atom is -0.355 e. The summed E-state index contributed by atoms with van der Waals surface area (Å²) in [5, 5.41) is 2.92. The Bertz CT molecular complexity index is 370. The molecule has 0 saturated heterocycles. The first kappa shape index (κ1) is 17.1. The third-order valence-electron chi connectivity index (χ3n) is 3.21. The van der Waals surface area contributed by atoms with Crippen molar-refractivity contribution in [3.05, 3.63) is 35.9 Å². The normalized spacial score (nSPS) is 12.1. The van der Waals surface area contributed by atoms with Crippen LogP contribution in [-0.2, 0) is 11.2 Å². The van der Waals surface area contributed by atoms with E-state index in [1.165, 1.54) is 25.0 Å². The van der Waals surface area contributed by atoms with Crippen molar-refractivity contribution >= 4 is 17.7 Å². The van der Waals surface area contributed by atoms with Gasteiger partial charge in [-0.3, -0.25) is 4.79 Å². The van der Waals surface area contributed by atoms with Gasteiger partial charge in [0, 0.05) is 6.54 Å². The molecule has 1 aromatic rings. The largest absolute Gasteiger partial charge is 0.355 e. The van der Waals surface area contributed by atoms with E-state index in [1.54, 1.807) is 0 Å². The molecule has 0 aliphatic heterocycles. The highest BCUT2D eigenvalue weighted by Crippen LogP contribution is 2.04. The van der Waals surface area contributed by atoms with Crippen LogP contribution in [0.3, 0.4) is 0 Å². The molecule has 3 nitrogen and oxygen atoms in total. The zero-order valence-corrected chi connectivity index (χ0v) is 13.1. The Morgan fingerprint density at radius 1 is 1.20 bits per heavy atom. The van der Waals surface area contributed by atoms with Gasteiger partial charge in [0.25, 0.3) is 0 Å². The van der Waals surface area contributed by atoms with E-state index in [0.29, 0.717) is 6.42 Å². The van der Waals surface area contributed by atoms with Crippen LogP contribution < -0.4 is 11.1 Å². The summed E-state index contributed by atoms with van der Waals surface area (Å²) in [6, 6.07) is 9.45. The fraction of sp³-hybridized carbons (Fsp3) is 0.562. The molecule has 20 heavy (non-hydrogen) atoms. The van der Waals surface area contributed by atoms with Crippen molar-refractivity contribution in [2.24, 2.45) is 5.73 Å². The Kier molecular flexibility index (Phi) is 9.16. The topological polar surface area (TPSA) is 55.1 Å². The molecule has 0 radical (unpaired) electrons. The van der Waals surface area contributed by atoms with E-state index in [4.69, 9.17) is 5.73 Å². The van der Waals surface area contributed by atoms with Gasteiger partial charge in [-0.1, -0.05) is 43.2 Å². The second-order valence-corrected chi connectivity index (χ2v) is 5.98. The Balaban J connectivity index is 2.10. The summed E-state index contributed by atoms with van der Waals surface area (Å²) in [6.45, 7) is 0.737. The van der Waals surface area contributed by atoms with Gasteiger partial charge in [0.2, 0.25) is 5.91 Å². The van der Waals surface area contributed by atoms with E-state index in [9.17, 15) is 4.79 Å². The summed E-state index contributed by atoms with van der Waals surface area (Å²) in [4.78, 5) is 11.8. The number of hydrogen-bond acceptors (Lipinski definition) is 3. The zero-order chi connectivity index (χ0) is 14.6. The Labute approximate surface area is 126 Å². The summed E-state index contributed by atoms with van der Waals surface area (Å²) in [6.07, 6.45) is 7.46. The second-order valence-electron chi connectivity index (χ2n) is 4.99. The average molecular weight is 294 g/mol. The number of nitrogens with one attached hydrogen (secondary N) is 1. The van der Waals surface area contributed by atoms with Gasteiger partial charge in [-0.25, -0.2) is 0 Å². The molecular weight excluding hydrogens is 268 g/mol. The van der Waals surface area contributed by atoms with Crippen molar-refractivity contribution in [3.63, 3.8) is 0 Å². The van der Waals surface area contributed by atoms with Gasteiger partial charge in [-0.2, -0.15) is 11.8 Å². The van der Waals surface area contributed by atoms with Crippen LogP contribution in [-0.4, -0.2) is 30.5 Å². The zero-order valence-electron chi connectivity index (χ0n) is 12.3. The molecular formula is C16H26N2OS. The van der Waals surface area contributed by atoms with Crippen molar-refractivity contribution in [3.8, 4) is 0 Å². The smallest absolute Gasteiger partial charge is 0.237 e. The maximum absolute atomic E-state index is 11.8. The number of unbranched alkanes of at least 4 members (excludes halogenated alkanes) is 3. The van der Waals surface area contributed by atoms with Crippen LogP contribution in [0.15, 0.2) is 30.3 Å². The lowest BCUT2D eigenvalue weighted by Crippen LogP contribution is -2.42. The number of rotatable bonds is 10. The molecule has 3 N–H and O–H groups in total. The van der Waals surface area contributed by atoms with E-state index in [0.717, 1.165) is 18.5 Å². The monoisotopic (exact) mass is 294 g/mol. The van der Waals surface area contributed by atoms with E-state index >= 15 is 0 Å². The van der Waals surface area contributed by atoms with E-state index in [2.05, 4.69) is 11.6 Å². The van der Waals surface area contributed by atoms with E-state index < -0.39 is 6.04 Å². The van der Waals surface area contributed by atoms with Crippen molar-refractivity contribution in [1.82, 2.24) is 5.32 Å². The molecule has 0 aliphatic carbocycles. The van der Waals surface area contributed by atoms with Gasteiger partial charge < -0.3 is 11.1 Å². The predicted molar refractivity (Wildman–Crippen MR) is 88.0 cm³/mol. The molecule has 0 heterocycles. The minimum absolute atomic E-state index is 0.0435. The molecule has 0 bridgehead atoms. The molecule has 0 fully saturated rings. The maximum Gasteiger partial charge on any atom is 0.237 e. The molecule has 0 saturated carbocycles. The Morgan fingerprint density at radius 3 is 2.60 bits per heavy atom. The SMILES string of the molecule is CSCCCCCCNC(=O)C(N)Cc1ccccc1. The number of nitrogens with two attached hydrogens (primary N) is 1. The van der Waals surface area contributed by atoms with Gasteiger partial charge in [0.15, 0.2) is 0 Å². The number of carbonyl (C=O) groups excluding carboxylic acids is 1. The molecule has 1 atom stereocenters. The molecule has 1 amide bonds. The average Bonchev–Trinajstić information content (AvgIpc) is 2.47. The van der Waals surface area contributed by atoms with Crippen molar-refractivity contribution in [2.45, 2.75) is 38.1 Å². The third kappa shape index (κ3) is 7.56. The van der Waals surface area contributed by atoms with Crippen LogP contribution in [0.25, 0.3) is 0 Å². The van der Waals surface area contributed by atoms with E-state index in [-0.39, 0.29) is 5.91 Å². The van der Waals surface area contributed by atoms with Crippen LogP contribution in [0.4, 0.5) is 0 Å². The Morgan fingerprint density at radius 2 is 1.90 bits per heavy atom. The molecule has 1 aromatic carbocycles. The molecule has 1 unspecified atom stereocenters. The molecule has 4 heteroatoms. The van der Waals surface area contributed by atoms with Crippen LogP contribution in [0.2, 0.25) is 0 Å². The number of carbonyl (C=O) groups is 1. The lowest BCUT2D eigenvalue weighted by Gasteiger charge is -2.12. The quantitative estimate of drug-likeness (QED) is 0.652.